The molecule has 110 valence electrons. The molecule has 8 heteroatoms. The van der Waals surface area contributed by atoms with Gasteiger partial charge in [-0.2, -0.15) is 4.68 Å². The first-order chi connectivity index (χ1) is 10.6. The summed E-state index contributed by atoms with van der Waals surface area (Å²) in [6, 6.07) is 13.7. The maximum atomic E-state index is 11.9. The molecule has 3 rings (SSSR count). The SMILES string of the molecule is O=c1sc(N=Nc2ccc(Cl)cc2)nn1-c1ccc(Cl)cc1. The van der Waals surface area contributed by atoms with Crippen LogP contribution in [0.5, 0.6) is 0 Å². The van der Waals surface area contributed by atoms with E-state index in [1.807, 2.05) is 0 Å². The van der Waals surface area contributed by atoms with Gasteiger partial charge >= 0.3 is 4.87 Å². The fraction of sp³-hybridized carbons (Fsp3) is 0. The van der Waals surface area contributed by atoms with Crippen LogP contribution in [0.2, 0.25) is 10.0 Å². The van der Waals surface area contributed by atoms with Gasteiger partial charge in [-0.15, -0.1) is 15.3 Å². The van der Waals surface area contributed by atoms with Crippen molar-refractivity contribution in [3.05, 3.63) is 68.2 Å². The molecule has 0 radical (unpaired) electrons. The first-order valence-electron chi connectivity index (χ1n) is 6.15. The second kappa shape index (κ2) is 6.39. The molecule has 0 spiro atoms. The van der Waals surface area contributed by atoms with Gasteiger partial charge in [-0.05, 0) is 59.9 Å². The van der Waals surface area contributed by atoms with Crippen LogP contribution >= 0.6 is 34.5 Å². The lowest BCUT2D eigenvalue weighted by molar-refractivity contribution is 0.848. The van der Waals surface area contributed by atoms with E-state index in [0.29, 0.717) is 21.4 Å². The van der Waals surface area contributed by atoms with Crippen molar-refractivity contribution in [1.82, 2.24) is 9.78 Å². The monoisotopic (exact) mass is 350 g/mol. The summed E-state index contributed by atoms with van der Waals surface area (Å²) in [6.45, 7) is 0. The Morgan fingerprint density at radius 1 is 0.909 bits per heavy atom. The predicted molar refractivity (Wildman–Crippen MR) is 88.3 cm³/mol. The molecule has 1 heterocycles. The van der Waals surface area contributed by atoms with Crippen LogP contribution in [0.4, 0.5) is 10.8 Å². The number of azo groups is 1. The van der Waals surface area contributed by atoms with Crippen LogP contribution in [-0.2, 0) is 0 Å². The van der Waals surface area contributed by atoms with Crippen LogP contribution in [0.3, 0.4) is 0 Å². The molecule has 22 heavy (non-hydrogen) atoms. The van der Waals surface area contributed by atoms with Gasteiger partial charge in [0.15, 0.2) is 0 Å². The summed E-state index contributed by atoms with van der Waals surface area (Å²) in [6.07, 6.45) is 0. The van der Waals surface area contributed by atoms with Crippen molar-refractivity contribution in [3.63, 3.8) is 0 Å². The first-order valence-corrected chi connectivity index (χ1v) is 7.72. The molecule has 0 atom stereocenters. The molecule has 0 bridgehead atoms. The van der Waals surface area contributed by atoms with Gasteiger partial charge in [0.2, 0.25) is 0 Å². The summed E-state index contributed by atoms with van der Waals surface area (Å²) in [5.41, 5.74) is 1.25. The number of rotatable bonds is 3. The molecule has 0 saturated carbocycles. The summed E-state index contributed by atoms with van der Waals surface area (Å²) < 4.78 is 1.26. The highest BCUT2D eigenvalue weighted by Crippen LogP contribution is 2.21. The molecular weight excluding hydrogens is 343 g/mol. The lowest BCUT2D eigenvalue weighted by Gasteiger charge is -1.98. The van der Waals surface area contributed by atoms with Gasteiger partial charge < -0.3 is 0 Å². The number of hydrogen-bond acceptors (Lipinski definition) is 5. The van der Waals surface area contributed by atoms with E-state index in [-0.39, 0.29) is 10.0 Å². The van der Waals surface area contributed by atoms with E-state index in [1.165, 1.54) is 4.68 Å². The fourth-order valence-corrected chi connectivity index (χ4v) is 2.51. The highest BCUT2D eigenvalue weighted by Gasteiger charge is 2.07. The summed E-state index contributed by atoms with van der Waals surface area (Å²) in [4.78, 5) is 11.7. The molecule has 2 aromatic carbocycles. The van der Waals surface area contributed by atoms with Crippen LogP contribution in [0.15, 0.2) is 63.6 Å². The van der Waals surface area contributed by atoms with Crippen molar-refractivity contribution < 1.29 is 0 Å². The summed E-state index contributed by atoms with van der Waals surface area (Å²) in [5.74, 6) is 0. The van der Waals surface area contributed by atoms with Crippen molar-refractivity contribution >= 4 is 45.4 Å². The largest absolute Gasteiger partial charge is 0.331 e. The first kappa shape index (κ1) is 14.9. The number of aromatic nitrogens is 2. The van der Waals surface area contributed by atoms with E-state index in [0.717, 1.165) is 11.3 Å². The molecule has 0 aliphatic carbocycles. The van der Waals surface area contributed by atoms with E-state index >= 15 is 0 Å². The standard InChI is InChI=1S/C14H8Cl2N4OS/c15-9-1-5-11(6-2-9)17-18-13-19-20(14(21)22-13)12-7-3-10(16)4-8-12/h1-8H. The van der Waals surface area contributed by atoms with E-state index in [2.05, 4.69) is 15.3 Å². The van der Waals surface area contributed by atoms with E-state index in [1.54, 1.807) is 48.5 Å². The van der Waals surface area contributed by atoms with Crippen LogP contribution in [0.1, 0.15) is 0 Å². The van der Waals surface area contributed by atoms with Crippen molar-refractivity contribution in [3.8, 4) is 5.69 Å². The zero-order valence-electron chi connectivity index (χ0n) is 11.0. The maximum absolute atomic E-state index is 11.9. The molecule has 0 aliphatic heterocycles. The molecule has 3 aromatic rings. The third-order valence-electron chi connectivity index (χ3n) is 2.69. The minimum absolute atomic E-state index is 0.243. The molecular formula is C14H8Cl2N4OS. The molecule has 5 nitrogen and oxygen atoms in total. The maximum Gasteiger partial charge on any atom is 0.331 e. The van der Waals surface area contributed by atoms with Crippen LogP contribution < -0.4 is 4.87 Å². The second-order valence-corrected chi connectivity index (χ2v) is 6.01. The highest BCUT2D eigenvalue weighted by atomic mass is 35.5. The Morgan fingerprint density at radius 2 is 1.50 bits per heavy atom. The van der Waals surface area contributed by atoms with Crippen molar-refractivity contribution in [2.24, 2.45) is 10.2 Å². The highest BCUT2D eigenvalue weighted by molar-refractivity contribution is 7.12. The van der Waals surface area contributed by atoms with Crippen molar-refractivity contribution in [1.29, 1.82) is 0 Å². The topological polar surface area (TPSA) is 59.6 Å². The Kier molecular flexibility index (Phi) is 4.33. The summed E-state index contributed by atoms with van der Waals surface area (Å²) >= 11 is 12.5. The van der Waals surface area contributed by atoms with Gasteiger partial charge in [0.25, 0.3) is 5.13 Å². The Morgan fingerprint density at radius 3 is 2.14 bits per heavy atom. The number of benzene rings is 2. The van der Waals surface area contributed by atoms with Crippen LogP contribution in [0, 0.1) is 0 Å². The third-order valence-corrected chi connectivity index (χ3v) is 3.88. The molecule has 0 aliphatic rings. The van der Waals surface area contributed by atoms with E-state index < -0.39 is 0 Å². The van der Waals surface area contributed by atoms with Crippen LogP contribution in [0.25, 0.3) is 5.69 Å². The molecule has 0 fully saturated rings. The molecule has 0 amide bonds. The molecule has 0 saturated heterocycles. The number of hydrogen-bond donors (Lipinski definition) is 0. The zero-order chi connectivity index (χ0) is 15.5. The van der Waals surface area contributed by atoms with E-state index in [4.69, 9.17) is 23.2 Å². The summed E-state index contributed by atoms with van der Waals surface area (Å²) in [7, 11) is 0. The Labute approximate surface area is 139 Å². The minimum atomic E-state index is -0.243. The van der Waals surface area contributed by atoms with Crippen molar-refractivity contribution in [2.45, 2.75) is 0 Å². The minimum Gasteiger partial charge on any atom is -0.255 e. The lowest BCUT2D eigenvalue weighted by atomic mass is 10.3. The van der Waals surface area contributed by atoms with Gasteiger partial charge in [0.1, 0.15) is 0 Å². The average Bonchev–Trinajstić information content (AvgIpc) is 2.89. The smallest absolute Gasteiger partial charge is 0.255 e. The zero-order valence-corrected chi connectivity index (χ0v) is 13.3. The molecule has 0 N–H and O–H groups in total. The van der Waals surface area contributed by atoms with Gasteiger partial charge in [-0.1, -0.05) is 23.2 Å². The van der Waals surface area contributed by atoms with Gasteiger partial charge in [0.05, 0.1) is 11.4 Å². The van der Waals surface area contributed by atoms with Crippen LogP contribution in [-0.4, -0.2) is 9.78 Å². The molecule has 0 unspecified atom stereocenters. The Bertz CT molecular complexity index is 869. The number of nitrogens with zero attached hydrogens (tertiary/aromatic N) is 4. The van der Waals surface area contributed by atoms with Gasteiger partial charge in [-0.25, -0.2) is 0 Å². The normalized spacial score (nSPS) is 11.2. The summed E-state index contributed by atoms with van der Waals surface area (Å²) in [5, 5.41) is 13.6. The van der Waals surface area contributed by atoms with Gasteiger partial charge in [-0.3, -0.25) is 4.79 Å². The van der Waals surface area contributed by atoms with Crippen molar-refractivity contribution in [2.75, 3.05) is 0 Å². The quantitative estimate of drug-likeness (QED) is 0.622. The Balaban J connectivity index is 1.87. The Hall–Kier alpha value is -2.02. The average molecular weight is 351 g/mol. The third kappa shape index (κ3) is 3.41. The second-order valence-electron chi connectivity index (χ2n) is 4.22. The number of halogens is 2. The predicted octanol–water partition coefficient (Wildman–Crippen LogP) is 5.02. The fourth-order valence-electron chi connectivity index (χ4n) is 1.66. The molecule has 1 aromatic heterocycles. The lowest BCUT2D eigenvalue weighted by Crippen LogP contribution is -2.11. The van der Waals surface area contributed by atoms with Gasteiger partial charge in [0, 0.05) is 10.0 Å². The van der Waals surface area contributed by atoms with E-state index in [9.17, 15) is 4.79 Å².